The van der Waals surface area contributed by atoms with E-state index in [1.54, 1.807) is 56.6 Å². The van der Waals surface area contributed by atoms with Crippen molar-refractivity contribution in [1.29, 1.82) is 0 Å². The summed E-state index contributed by atoms with van der Waals surface area (Å²) in [5.74, 6) is -2.97. The third-order valence-corrected chi connectivity index (χ3v) is 15.5. The summed E-state index contributed by atoms with van der Waals surface area (Å²) in [6.45, 7) is -0.205. The Morgan fingerprint density at radius 2 is 1.26 bits per heavy atom. The highest BCUT2D eigenvalue weighted by molar-refractivity contribution is 7.89. The normalized spacial score (nSPS) is 13.1. The molecule has 0 unspecified atom stereocenters. The first-order chi connectivity index (χ1) is 36.9. The molecule has 4 N–H and O–H groups in total. The van der Waals surface area contributed by atoms with Gasteiger partial charge in [-0.2, -0.15) is 0 Å². The number of unbranched alkanes of at least 4 members (excludes halogenated alkanes) is 1. The Morgan fingerprint density at radius 1 is 0.701 bits per heavy atom. The van der Waals surface area contributed by atoms with Gasteiger partial charge in [-0.15, -0.1) is 0 Å². The molecule has 6 aromatic rings. The first kappa shape index (κ1) is 59.3. The first-order valence-corrected chi connectivity index (χ1v) is 27.3. The molecule has 16 nitrogen and oxygen atoms in total. The molecule has 0 fully saturated rings. The quantitative estimate of drug-likeness (QED) is 0.0139. The SMILES string of the molecule is COC[C@H](N)C(=O)N(C)[C@H](CC(=O)NC[C@H](CCCCNS(=O)(=O)c1ccccc1[N+](=O)[O-])N(C)C(=O)[C@@H](CC(=O)OC(c1ccccc1)(c1ccccc1)c1ccccc1Cl)Cc1ccccc1)Cc1ccc(Cl)cc1. The number of nitrogens with two attached hydrogens (primary N) is 1. The molecular weight excluding hydrogens is 1040 g/mol. The number of amides is 3. The molecule has 0 aromatic heterocycles. The van der Waals surface area contributed by atoms with Crippen molar-refractivity contribution in [2.75, 3.05) is 40.9 Å². The fourth-order valence-corrected chi connectivity index (χ4v) is 10.9. The zero-order valence-corrected chi connectivity index (χ0v) is 45.5. The fraction of sp³-hybridized carbons (Fsp3) is 0.310. The molecule has 0 aliphatic rings. The van der Waals surface area contributed by atoms with E-state index in [4.69, 9.17) is 38.4 Å². The molecule has 0 bridgehead atoms. The molecule has 6 aromatic carbocycles. The van der Waals surface area contributed by atoms with Crippen molar-refractivity contribution in [3.8, 4) is 0 Å². The molecule has 0 spiro atoms. The van der Waals surface area contributed by atoms with Crippen LogP contribution in [0.2, 0.25) is 10.0 Å². The number of carbonyl (C=O) groups excluding carboxylic acids is 4. The van der Waals surface area contributed by atoms with Crippen molar-refractivity contribution < 1.29 is 42.0 Å². The number of halogens is 2. The number of rotatable bonds is 28. The van der Waals surface area contributed by atoms with E-state index in [-0.39, 0.29) is 58.2 Å². The van der Waals surface area contributed by atoms with Crippen LogP contribution in [0.4, 0.5) is 5.69 Å². The average molecular weight is 1110 g/mol. The van der Waals surface area contributed by atoms with Crippen LogP contribution in [-0.4, -0.2) is 106 Å². The zero-order valence-electron chi connectivity index (χ0n) is 43.1. The van der Waals surface area contributed by atoms with E-state index in [1.165, 1.54) is 29.0 Å². The Balaban J connectivity index is 1.29. The van der Waals surface area contributed by atoms with Gasteiger partial charge in [-0.3, -0.25) is 29.3 Å². The maximum absolute atomic E-state index is 15.2. The lowest BCUT2D eigenvalue weighted by atomic mass is 9.80. The van der Waals surface area contributed by atoms with Crippen LogP contribution in [-0.2, 0) is 57.1 Å². The van der Waals surface area contributed by atoms with Crippen molar-refractivity contribution in [2.24, 2.45) is 11.7 Å². The van der Waals surface area contributed by atoms with Gasteiger partial charge in [-0.25, -0.2) is 13.1 Å². The van der Waals surface area contributed by atoms with Crippen LogP contribution in [0.25, 0.3) is 0 Å². The first-order valence-electron chi connectivity index (χ1n) is 25.1. The van der Waals surface area contributed by atoms with Crippen LogP contribution in [0.15, 0.2) is 169 Å². The predicted octanol–water partition coefficient (Wildman–Crippen LogP) is 8.51. The molecule has 77 heavy (non-hydrogen) atoms. The van der Waals surface area contributed by atoms with Gasteiger partial charge in [0.1, 0.15) is 6.04 Å². The van der Waals surface area contributed by atoms with Crippen LogP contribution in [0, 0.1) is 16.0 Å². The number of hydrogen-bond acceptors (Lipinski definition) is 11. The Labute approximate surface area is 460 Å². The highest BCUT2D eigenvalue weighted by Crippen LogP contribution is 2.44. The van der Waals surface area contributed by atoms with Crippen LogP contribution >= 0.6 is 23.2 Å². The summed E-state index contributed by atoms with van der Waals surface area (Å²) in [6.07, 6.45) is 0.709. The molecular formula is C58H64Cl2N6O10S. The van der Waals surface area contributed by atoms with Crippen molar-refractivity contribution in [3.63, 3.8) is 0 Å². The smallest absolute Gasteiger partial charge is 0.308 e. The van der Waals surface area contributed by atoms with Crippen LogP contribution in [0.5, 0.6) is 0 Å². The number of likely N-dealkylation sites (N-methyl/N-ethyl adjacent to an activating group) is 2. The van der Waals surface area contributed by atoms with Gasteiger partial charge in [0, 0.05) is 85.6 Å². The van der Waals surface area contributed by atoms with Gasteiger partial charge >= 0.3 is 5.97 Å². The molecule has 0 saturated heterocycles. The summed E-state index contributed by atoms with van der Waals surface area (Å²) < 4.78 is 40.9. The van der Waals surface area contributed by atoms with Gasteiger partial charge in [-0.1, -0.05) is 163 Å². The number of para-hydroxylation sites is 1. The topological polar surface area (TPSA) is 221 Å². The largest absolute Gasteiger partial charge is 0.444 e. The minimum absolute atomic E-state index is 0.0377. The number of methoxy groups -OCH3 is 1. The van der Waals surface area contributed by atoms with Gasteiger partial charge in [0.05, 0.1) is 23.9 Å². The number of esters is 1. The zero-order chi connectivity index (χ0) is 55.5. The highest BCUT2D eigenvalue weighted by Gasteiger charge is 2.43. The second kappa shape index (κ2) is 28.4. The van der Waals surface area contributed by atoms with Gasteiger partial charge in [0.25, 0.3) is 5.69 Å². The van der Waals surface area contributed by atoms with E-state index >= 15 is 4.79 Å². The number of nitro groups is 1. The number of carbonyl (C=O) groups is 4. The number of nitro benzene ring substituents is 1. The molecule has 406 valence electrons. The number of nitrogens with zero attached hydrogens (tertiary/aromatic N) is 3. The van der Waals surface area contributed by atoms with E-state index in [0.29, 0.717) is 33.2 Å². The summed E-state index contributed by atoms with van der Waals surface area (Å²) in [6, 6.07) is 44.6. The van der Waals surface area contributed by atoms with Crippen LogP contribution < -0.4 is 15.8 Å². The lowest BCUT2D eigenvalue weighted by Gasteiger charge is -2.36. The molecule has 0 radical (unpaired) electrons. The lowest BCUT2D eigenvalue weighted by Crippen LogP contribution is -2.51. The molecule has 0 heterocycles. The molecule has 0 saturated carbocycles. The number of ether oxygens (including phenoxy) is 2. The van der Waals surface area contributed by atoms with Gasteiger partial charge in [-0.05, 0) is 61.1 Å². The predicted molar refractivity (Wildman–Crippen MR) is 296 cm³/mol. The van der Waals surface area contributed by atoms with Crippen LogP contribution in [0.3, 0.4) is 0 Å². The second-order valence-electron chi connectivity index (χ2n) is 18.7. The van der Waals surface area contributed by atoms with Gasteiger partial charge in [0.2, 0.25) is 27.7 Å². The molecule has 0 aliphatic heterocycles. The van der Waals surface area contributed by atoms with Gasteiger partial charge < -0.3 is 30.3 Å². The molecule has 19 heteroatoms. The van der Waals surface area contributed by atoms with Crippen molar-refractivity contribution in [2.45, 2.75) is 73.6 Å². The molecule has 4 atom stereocenters. The summed E-state index contributed by atoms with van der Waals surface area (Å²) in [5, 5.41) is 15.5. The summed E-state index contributed by atoms with van der Waals surface area (Å²) >= 11 is 13.1. The summed E-state index contributed by atoms with van der Waals surface area (Å²) in [7, 11) is 0.313. The van der Waals surface area contributed by atoms with E-state index in [9.17, 15) is 32.9 Å². The standard InChI is InChI=1S/C58H64Cl2N6O10S/c1-64(56(69)43(35-41-19-7-4-8-20-41)37-55(68)76-58(44-21-9-5-10-22-44,45-23-11-6-12-24-45)49-26-13-14-27-50(49)60)47(25-17-18-34-63-77(73,74)53-29-16-15-28-52(53)66(71)72)39-62-54(67)38-48(36-42-30-32-46(59)33-31-42)65(2)57(70)51(61)40-75-3/h4-16,19-24,26-33,43,47-48,51,63H,17-18,25,34-40,61H2,1-3H3,(H,62,67)/t43-,47+,48+,51+/m1/s1. The molecule has 0 aliphatic carbocycles. The third kappa shape index (κ3) is 16.0. The van der Waals surface area contributed by atoms with E-state index < -0.39 is 78.9 Å². The Kier molecular flexibility index (Phi) is 21.9. The molecule has 6 rings (SSSR count). The lowest BCUT2D eigenvalue weighted by molar-refractivity contribution is -0.387. The number of sulfonamides is 1. The Morgan fingerprint density at radius 3 is 1.87 bits per heavy atom. The second-order valence-corrected chi connectivity index (χ2v) is 21.3. The molecule has 3 amide bonds. The van der Waals surface area contributed by atoms with Crippen molar-refractivity contribution in [1.82, 2.24) is 19.8 Å². The Hall–Kier alpha value is -6.99. The number of nitrogens with one attached hydrogen (secondary N) is 2. The summed E-state index contributed by atoms with van der Waals surface area (Å²) in [4.78, 5) is 71.0. The third-order valence-electron chi connectivity index (χ3n) is 13.4. The fourth-order valence-electron chi connectivity index (χ4n) is 9.28. The monoisotopic (exact) mass is 1110 g/mol. The maximum Gasteiger partial charge on any atom is 0.308 e. The van der Waals surface area contributed by atoms with Crippen molar-refractivity contribution in [3.05, 3.63) is 212 Å². The minimum Gasteiger partial charge on any atom is -0.444 e. The summed E-state index contributed by atoms with van der Waals surface area (Å²) in [5.41, 5.74) is 7.41. The minimum atomic E-state index is -4.28. The van der Waals surface area contributed by atoms with Gasteiger partial charge in [0.15, 0.2) is 10.5 Å². The average Bonchev–Trinajstić information content (AvgIpc) is 3.54. The van der Waals surface area contributed by atoms with Crippen LogP contribution in [0.1, 0.15) is 59.9 Å². The number of hydrogen-bond donors (Lipinski definition) is 3. The maximum atomic E-state index is 15.2. The van der Waals surface area contributed by atoms with Crippen molar-refractivity contribution >= 4 is 62.6 Å². The highest BCUT2D eigenvalue weighted by atomic mass is 35.5. The van der Waals surface area contributed by atoms with E-state index in [2.05, 4.69) is 10.0 Å². The number of benzene rings is 6. The van der Waals surface area contributed by atoms with E-state index in [1.807, 2.05) is 97.1 Å². The van der Waals surface area contributed by atoms with E-state index in [0.717, 1.165) is 23.3 Å². The Bertz CT molecular complexity index is 2990.